The third kappa shape index (κ3) is 4.03. The van der Waals surface area contributed by atoms with E-state index in [1.165, 1.54) is 33.4 Å². The zero-order chi connectivity index (χ0) is 27.1. The van der Waals surface area contributed by atoms with Crippen molar-refractivity contribution < 1.29 is 9.84 Å². The number of rotatable bonds is 5. The van der Waals surface area contributed by atoms with Crippen LogP contribution in [0.5, 0.6) is 11.5 Å². The zero-order valence-corrected chi connectivity index (χ0v) is 22.6. The monoisotopic (exact) mass is 520 g/mol. The number of ether oxygens (including phenoxy) is 1. The number of phenolic OH excluding ortho intramolecular Hbond substituents is 1. The molecule has 0 amide bonds. The SMILES string of the molecule is CC1C=CC(C2C=CC(Oc3ccc(C4(c5ccc(O)cc5)c5ccccc5-c5ccccc54)cc3)=CC2)=CC1. The molecule has 0 heterocycles. The zero-order valence-electron chi connectivity index (χ0n) is 22.6. The van der Waals surface area contributed by atoms with Gasteiger partial charge in [0.2, 0.25) is 0 Å². The Morgan fingerprint density at radius 3 is 1.88 bits per heavy atom. The second-order valence-corrected chi connectivity index (χ2v) is 11.1. The molecule has 0 fully saturated rings. The van der Waals surface area contributed by atoms with E-state index < -0.39 is 5.41 Å². The van der Waals surface area contributed by atoms with Crippen molar-refractivity contribution in [1.82, 2.24) is 0 Å². The van der Waals surface area contributed by atoms with Gasteiger partial charge in [-0.3, -0.25) is 0 Å². The molecular formula is C38H32O2. The number of allylic oxidation sites excluding steroid dienone is 7. The lowest BCUT2D eigenvalue weighted by atomic mass is 9.68. The molecule has 196 valence electrons. The molecule has 2 nitrogen and oxygen atoms in total. The lowest BCUT2D eigenvalue weighted by Crippen LogP contribution is -2.28. The summed E-state index contributed by atoms with van der Waals surface area (Å²) in [6, 6.07) is 33.5. The summed E-state index contributed by atoms with van der Waals surface area (Å²) in [5.74, 6) is 3.04. The Hall–Kier alpha value is -4.56. The van der Waals surface area contributed by atoms with Gasteiger partial charge in [0.15, 0.2) is 0 Å². The van der Waals surface area contributed by atoms with E-state index in [-0.39, 0.29) is 5.75 Å². The van der Waals surface area contributed by atoms with Crippen LogP contribution in [0.25, 0.3) is 11.1 Å². The molecule has 0 spiro atoms. The first-order valence-electron chi connectivity index (χ1n) is 14.2. The van der Waals surface area contributed by atoms with Crippen molar-refractivity contribution in [3.8, 4) is 22.6 Å². The lowest BCUT2D eigenvalue weighted by Gasteiger charge is -2.34. The highest BCUT2D eigenvalue weighted by molar-refractivity contribution is 5.86. The highest BCUT2D eigenvalue weighted by atomic mass is 16.5. The third-order valence-corrected chi connectivity index (χ3v) is 8.61. The van der Waals surface area contributed by atoms with Gasteiger partial charge in [-0.05, 0) is 94.1 Å². The second kappa shape index (κ2) is 9.88. The molecule has 0 radical (unpaired) electrons. The molecule has 4 aromatic carbocycles. The molecule has 1 N–H and O–H groups in total. The number of aromatic hydroxyl groups is 1. The standard InChI is InChI=1S/C38H32O2/c1-26-10-12-27(13-11-26)28-14-22-32(23-15-28)40-33-24-18-30(19-25-33)38(29-16-20-31(39)21-17-29)36-8-4-2-6-34(36)35-7-3-5-9-37(35)38/h2-10,12-14,16-26,28,39H,11,15H2,1H3. The number of benzene rings is 4. The molecule has 40 heavy (non-hydrogen) atoms. The molecule has 2 heteroatoms. The van der Waals surface area contributed by atoms with Crippen molar-refractivity contribution >= 4 is 0 Å². The summed E-state index contributed by atoms with van der Waals surface area (Å²) >= 11 is 0. The van der Waals surface area contributed by atoms with E-state index in [0.717, 1.165) is 29.9 Å². The number of phenols is 1. The Kier molecular flexibility index (Phi) is 6.04. The fourth-order valence-corrected chi connectivity index (χ4v) is 6.59. The minimum atomic E-state index is -0.491. The third-order valence-electron chi connectivity index (χ3n) is 8.61. The summed E-state index contributed by atoms with van der Waals surface area (Å²) in [6.07, 6.45) is 15.6. The molecule has 0 aliphatic heterocycles. The van der Waals surface area contributed by atoms with Gasteiger partial charge in [-0.2, -0.15) is 0 Å². The summed E-state index contributed by atoms with van der Waals surface area (Å²) in [5, 5.41) is 10.1. The van der Waals surface area contributed by atoms with Crippen LogP contribution in [-0.4, -0.2) is 5.11 Å². The molecule has 3 aliphatic carbocycles. The first-order valence-corrected chi connectivity index (χ1v) is 14.2. The van der Waals surface area contributed by atoms with Crippen molar-refractivity contribution in [2.24, 2.45) is 11.8 Å². The van der Waals surface area contributed by atoms with Crippen LogP contribution in [0, 0.1) is 11.8 Å². The highest BCUT2D eigenvalue weighted by Gasteiger charge is 2.45. The normalized spacial score (nSPS) is 20.3. The van der Waals surface area contributed by atoms with Crippen molar-refractivity contribution in [3.63, 3.8) is 0 Å². The summed E-state index contributed by atoms with van der Waals surface area (Å²) < 4.78 is 6.32. The first kappa shape index (κ1) is 24.5. The van der Waals surface area contributed by atoms with Gasteiger partial charge in [-0.1, -0.05) is 104 Å². The number of hydrogen-bond donors (Lipinski definition) is 1. The van der Waals surface area contributed by atoms with Crippen molar-refractivity contribution in [1.29, 1.82) is 0 Å². The Morgan fingerprint density at radius 2 is 1.30 bits per heavy atom. The maximum atomic E-state index is 10.1. The van der Waals surface area contributed by atoms with Gasteiger partial charge in [0.25, 0.3) is 0 Å². The van der Waals surface area contributed by atoms with Gasteiger partial charge < -0.3 is 9.84 Å². The molecule has 0 bridgehead atoms. The van der Waals surface area contributed by atoms with Gasteiger partial charge >= 0.3 is 0 Å². The van der Waals surface area contributed by atoms with Crippen LogP contribution in [0.2, 0.25) is 0 Å². The molecule has 3 aliphatic rings. The summed E-state index contributed by atoms with van der Waals surface area (Å²) in [5.41, 5.74) is 8.20. The van der Waals surface area contributed by atoms with E-state index in [2.05, 4.69) is 116 Å². The minimum absolute atomic E-state index is 0.267. The van der Waals surface area contributed by atoms with E-state index >= 15 is 0 Å². The molecular weight excluding hydrogens is 488 g/mol. The van der Waals surface area contributed by atoms with Gasteiger partial charge in [0.05, 0.1) is 5.41 Å². The maximum absolute atomic E-state index is 10.1. The average Bonchev–Trinajstić information content (AvgIpc) is 3.30. The Morgan fingerprint density at radius 1 is 0.675 bits per heavy atom. The molecule has 4 aromatic rings. The predicted molar refractivity (Wildman–Crippen MR) is 162 cm³/mol. The summed E-state index contributed by atoms with van der Waals surface area (Å²) in [4.78, 5) is 0. The molecule has 0 aromatic heterocycles. The molecule has 0 saturated carbocycles. The highest BCUT2D eigenvalue weighted by Crippen LogP contribution is 2.56. The quantitative estimate of drug-likeness (QED) is 0.250. The molecule has 2 atom stereocenters. The van der Waals surface area contributed by atoms with E-state index in [1.807, 2.05) is 12.1 Å². The van der Waals surface area contributed by atoms with Crippen LogP contribution >= 0.6 is 0 Å². The summed E-state index contributed by atoms with van der Waals surface area (Å²) in [7, 11) is 0. The smallest absolute Gasteiger partial charge is 0.127 e. The van der Waals surface area contributed by atoms with Gasteiger partial charge in [0, 0.05) is 5.92 Å². The second-order valence-electron chi connectivity index (χ2n) is 11.1. The van der Waals surface area contributed by atoms with E-state index in [4.69, 9.17) is 4.74 Å². The average molecular weight is 521 g/mol. The van der Waals surface area contributed by atoms with Crippen LogP contribution in [0.4, 0.5) is 0 Å². The molecule has 0 saturated heterocycles. The predicted octanol–water partition coefficient (Wildman–Crippen LogP) is 9.12. The van der Waals surface area contributed by atoms with Gasteiger partial charge in [0.1, 0.15) is 17.3 Å². The van der Waals surface area contributed by atoms with Crippen LogP contribution in [0.15, 0.2) is 145 Å². The Labute approximate surface area is 236 Å². The fraction of sp³-hybridized carbons (Fsp3) is 0.158. The number of fused-ring (bicyclic) bond motifs is 3. The van der Waals surface area contributed by atoms with Gasteiger partial charge in [-0.25, -0.2) is 0 Å². The van der Waals surface area contributed by atoms with Crippen molar-refractivity contribution in [3.05, 3.63) is 167 Å². The minimum Gasteiger partial charge on any atom is -0.508 e. The van der Waals surface area contributed by atoms with Crippen LogP contribution in [0.1, 0.15) is 42.0 Å². The van der Waals surface area contributed by atoms with Crippen molar-refractivity contribution in [2.75, 3.05) is 0 Å². The fourth-order valence-electron chi connectivity index (χ4n) is 6.59. The molecule has 2 unspecified atom stereocenters. The topological polar surface area (TPSA) is 29.5 Å². The van der Waals surface area contributed by atoms with E-state index in [1.54, 1.807) is 12.1 Å². The van der Waals surface area contributed by atoms with Crippen LogP contribution < -0.4 is 4.74 Å². The Bertz CT molecular complexity index is 1640. The van der Waals surface area contributed by atoms with Crippen LogP contribution in [0.3, 0.4) is 0 Å². The molecule has 7 rings (SSSR count). The lowest BCUT2D eigenvalue weighted by molar-refractivity contribution is 0.435. The Balaban J connectivity index is 1.23. The van der Waals surface area contributed by atoms with Gasteiger partial charge in [-0.15, -0.1) is 0 Å². The maximum Gasteiger partial charge on any atom is 0.127 e. The largest absolute Gasteiger partial charge is 0.508 e. The summed E-state index contributed by atoms with van der Waals surface area (Å²) in [6.45, 7) is 2.26. The first-order chi connectivity index (χ1) is 19.6. The van der Waals surface area contributed by atoms with Crippen LogP contribution in [-0.2, 0) is 5.41 Å². The van der Waals surface area contributed by atoms with Crippen molar-refractivity contribution in [2.45, 2.75) is 25.2 Å². The van der Waals surface area contributed by atoms with E-state index in [9.17, 15) is 5.11 Å². The number of hydrogen-bond acceptors (Lipinski definition) is 2. The van der Waals surface area contributed by atoms with E-state index in [0.29, 0.717) is 11.8 Å².